The van der Waals surface area contributed by atoms with Crippen molar-refractivity contribution >= 4 is 17.2 Å². The van der Waals surface area contributed by atoms with Crippen LogP contribution in [-0.2, 0) is 11.3 Å². The van der Waals surface area contributed by atoms with E-state index in [1.807, 2.05) is 12.3 Å². The first-order chi connectivity index (χ1) is 6.72. The van der Waals surface area contributed by atoms with Crippen LogP contribution in [0, 0.1) is 6.92 Å². The smallest absolute Gasteiger partial charge is 0.220 e. The van der Waals surface area contributed by atoms with Crippen molar-refractivity contribution in [2.45, 2.75) is 39.7 Å². The Morgan fingerprint density at radius 2 is 2.43 bits per heavy atom. The van der Waals surface area contributed by atoms with Crippen molar-refractivity contribution in [3.8, 4) is 0 Å². The second-order valence-corrected chi connectivity index (χ2v) is 4.30. The van der Waals surface area contributed by atoms with Crippen LogP contribution in [-0.4, -0.2) is 10.9 Å². The number of nitrogens with one attached hydrogen (secondary N) is 1. The SMILES string of the molecule is CCCCC(=O)NCc1csc(C)n1. The van der Waals surface area contributed by atoms with Crippen molar-refractivity contribution in [3.05, 3.63) is 16.1 Å². The number of nitrogens with zero attached hydrogens (tertiary/aromatic N) is 1. The minimum absolute atomic E-state index is 0.123. The summed E-state index contributed by atoms with van der Waals surface area (Å²) >= 11 is 1.61. The lowest BCUT2D eigenvalue weighted by atomic mass is 10.2. The largest absolute Gasteiger partial charge is 0.350 e. The van der Waals surface area contributed by atoms with E-state index in [9.17, 15) is 4.79 Å². The van der Waals surface area contributed by atoms with Gasteiger partial charge in [-0.1, -0.05) is 13.3 Å². The summed E-state index contributed by atoms with van der Waals surface area (Å²) in [6.07, 6.45) is 2.64. The van der Waals surface area contributed by atoms with E-state index in [4.69, 9.17) is 0 Å². The molecule has 0 spiro atoms. The van der Waals surface area contributed by atoms with Crippen molar-refractivity contribution in [3.63, 3.8) is 0 Å². The molecule has 0 saturated heterocycles. The van der Waals surface area contributed by atoms with Crippen LogP contribution in [0.4, 0.5) is 0 Å². The van der Waals surface area contributed by atoms with Gasteiger partial charge < -0.3 is 5.32 Å². The Bertz CT molecular complexity index is 296. The van der Waals surface area contributed by atoms with Gasteiger partial charge in [-0.2, -0.15) is 0 Å². The Labute approximate surface area is 88.6 Å². The number of aryl methyl sites for hydroxylation is 1. The summed E-state index contributed by atoms with van der Waals surface area (Å²) in [6, 6.07) is 0. The molecular formula is C10H16N2OS. The Morgan fingerprint density at radius 3 is 3.00 bits per heavy atom. The standard InChI is InChI=1S/C10H16N2OS/c1-3-4-5-10(13)11-6-9-7-14-8(2)12-9/h7H,3-6H2,1-2H3,(H,11,13). The van der Waals surface area contributed by atoms with Crippen molar-refractivity contribution < 1.29 is 4.79 Å². The molecule has 0 atom stereocenters. The molecule has 1 aromatic rings. The predicted molar refractivity (Wildman–Crippen MR) is 58.2 cm³/mol. The minimum atomic E-state index is 0.123. The Morgan fingerprint density at radius 1 is 1.64 bits per heavy atom. The van der Waals surface area contributed by atoms with E-state index in [1.165, 1.54) is 0 Å². The van der Waals surface area contributed by atoms with Crippen molar-refractivity contribution in [1.82, 2.24) is 10.3 Å². The van der Waals surface area contributed by atoms with Gasteiger partial charge in [0.15, 0.2) is 0 Å². The van der Waals surface area contributed by atoms with Crippen LogP contribution in [0.1, 0.15) is 36.9 Å². The zero-order valence-electron chi connectivity index (χ0n) is 8.67. The maximum atomic E-state index is 11.2. The van der Waals surface area contributed by atoms with Crippen LogP contribution in [0.2, 0.25) is 0 Å². The highest BCUT2D eigenvalue weighted by Crippen LogP contribution is 2.07. The third-order valence-corrected chi connectivity index (χ3v) is 2.71. The summed E-state index contributed by atoms with van der Waals surface area (Å²) in [7, 11) is 0. The number of aromatic nitrogens is 1. The van der Waals surface area contributed by atoms with E-state index >= 15 is 0 Å². The normalized spacial score (nSPS) is 10.1. The van der Waals surface area contributed by atoms with Gasteiger partial charge in [-0.25, -0.2) is 4.98 Å². The van der Waals surface area contributed by atoms with Gasteiger partial charge >= 0.3 is 0 Å². The Hall–Kier alpha value is -0.900. The summed E-state index contributed by atoms with van der Waals surface area (Å²) in [5.74, 6) is 0.123. The highest BCUT2D eigenvalue weighted by atomic mass is 32.1. The number of carbonyl (C=O) groups is 1. The average Bonchev–Trinajstić information content (AvgIpc) is 2.58. The fraction of sp³-hybridized carbons (Fsp3) is 0.600. The first-order valence-corrected chi connectivity index (χ1v) is 5.78. The van der Waals surface area contributed by atoms with Gasteiger partial charge in [0.25, 0.3) is 0 Å². The molecule has 0 saturated carbocycles. The number of carbonyl (C=O) groups excluding carboxylic acids is 1. The van der Waals surface area contributed by atoms with Crippen LogP contribution >= 0.6 is 11.3 Å². The van der Waals surface area contributed by atoms with Crippen molar-refractivity contribution in [2.75, 3.05) is 0 Å². The van der Waals surface area contributed by atoms with Gasteiger partial charge in [-0.15, -0.1) is 11.3 Å². The maximum Gasteiger partial charge on any atom is 0.220 e. The molecule has 0 radical (unpaired) electrons. The lowest BCUT2D eigenvalue weighted by Crippen LogP contribution is -2.22. The van der Waals surface area contributed by atoms with Crippen LogP contribution in [0.25, 0.3) is 0 Å². The van der Waals surface area contributed by atoms with E-state index < -0.39 is 0 Å². The summed E-state index contributed by atoms with van der Waals surface area (Å²) in [5.41, 5.74) is 0.956. The lowest BCUT2D eigenvalue weighted by molar-refractivity contribution is -0.121. The molecule has 0 fully saturated rings. The highest BCUT2D eigenvalue weighted by Gasteiger charge is 2.02. The fourth-order valence-corrected chi connectivity index (χ4v) is 1.72. The Balaban J connectivity index is 2.23. The van der Waals surface area contributed by atoms with Crippen molar-refractivity contribution in [1.29, 1.82) is 0 Å². The molecule has 1 N–H and O–H groups in total. The molecule has 0 bridgehead atoms. The molecular weight excluding hydrogens is 196 g/mol. The number of unbranched alkanes of at least 4 members (excludes halogenated alkanes) is 1. The first-order valence-electron chi connectivity index (χ1n) is 4.90. The molecule has 0 aliphatic heterocycles. The summed E-state index contributed by atoms with van der Waals surface area (Å²) in [5, 5.41) is 5.88. The average molecular weight is 212 g/mol. The zero-order chi connectivity index (χ0) is 10.4. The van der Waals surface area contributed by atoms with Gasteiger partial charge in [0.05, 0.1) is 17.2 Å². The molecule has 1 heterocycles. The van der Waals surface area contributed by atoms with Crippen LogP contribution in [0.5, 0.6) is 0 Å². The second kappa shape index (κ2) is 5.75. The number of rotatable bonds is 5. The number of thiazole rings is 1. The number of amides is 1. The maximum absolute atomic E-state index is 11.2. The van der Waals surface area contributed by atoms with Crippen LogP contribution in [0.3, 0.4) is 0 Å². The molecule has 3 nitrogen and oxygen atoms in total. The van der Waals surface area contributed by atoms with Crippen molar-refractivity contribution in [2.24, 2.45) is 0 Å². The molecule has 0 aliphatic carbocycles. The number of hydrogen-bond acceptors (Lipinski definition) is 3. The predicted octanol–water partition coefficient (Wildman–Crippen LogP) is 2.26. The topological polar surface area (TPSA) is 42.0 Å². The van der Waals surface area contributed by atoms with Gasteiger partial charge in [-0.05, 0) is 13.3 Å². The zero-order valence-corrected chi connectivity index (χ0v) is 9.49. The fourth-order valence-electron chi connectivity index (χ4n) is 1.10. The van der Waals surface area contributed by atoms with E-state index in [0.29, 0.717) is 13.0 Å². The number of hydrogen-bond donors (Lipinski definition) is 1. The summed E-state index contributed by atoms with van der Waals surface area (Å²) in [4.78, 5) is 15.5. The monoisotopic (exact) mass is 212 g/mol. The molecule has 14 heavy (non-hydrogen) atoms. The highest BCUT2D eigenvalue weighted by molar-refractivity contribution is 7.09. The third kappa shape index (κ3) is 3.87. The molecule has 0 unspecified atom stereocenters. The molecule has 0 aromatic carbocycles. The van der Waals surface area contributed by atoms with E-state index in [2.05, 4.69) is 17.2 Å². The van der Waals surface area contributed by atoms with E-state index in [-0.39, 0.29) is 5.91 Å². The van der Waals surface area contributed by atoms with Crippen LogP contribution in [0.15, 0.2) is 5.38 Å². The third-order valence-electron chi connectivity index (χ3n) is 1.89. The van der Waals surface area contributed by atoms with Crippen LogP contribution < -0.4 is 5.32 Å². The second-order valence-electron chi connectivity index (χ2n) is 3.24. The van der Waals surface area contributed by atoms with E-state index in [1.54, 1.807) is 11.3 Å². The molecule has 4 heteroatoms. The molecule has 1 aromatic heterocycles. The van der Waals surface area contributed by atoms with E-state index in [0.717, 1.165) is 23.5 Å². The Kier molecular flexibility index (Phi) is 4.59. The molecule has 0 aliphatic rings. The minimum Gasteiger partial charge on any atom is -0.350 e. The summed E-state index contributed by atoms with van der Waals surface area (Å²) in [6.45, 7) is 4.61. The molecule has 1 rings (SSSR count). The lowest BCUT2D eigenvalue weighted by Gasteiger charge is -2.01. The molecule has 78 valence electrons. The first kappa shape index (κ1) is 11.2. The van der Waals surface area contributed by atoms with Gasteiger partial charge in [0, 0.05) is 11.8 Å². The van der Waals surface area contributed by atoms with Gasteiger partial charge in [-0.3, -0.25) is 4.79 Å². The summed E-state index contributed by atoms with van der Waals surface area (Å²) < 4.78 is 0. The quantitative estimate of drug-likeness (QED) is 0.813. The molecule has 1 amide bonds. The van der Waals surface area contributed by atoms with Gasteiger partial charge in [0.2, 0.25) is 5.91 Å². The van der Waals surface area contributed by atoms with Gasteiger partial charge in [0.1, 0.15) is 0 Å².